The van der Waals surface area contributed by atoms with Crippen LogP contribution in [-0.2, 0) is 6.42 Å². The number of aromatic nitrogens is 2. The van der Waals surface area contributed by atoms with Gasteiger partial charge in [0, 0.05) is 25.9 Å². The minimum Gasteiger partial charge on any atom is -0.340 e. The Morgan fingerprint density at radius 2 is 2.28 bits per heavy atom. The van der Waals surface area contributed by atoms with Crippen molar-refractivity contribution in [1.82, 2.24) is 20.4 Å². The zero-order valence-corrected chi connectivity index (χ0v) is 11.5. The summed E-state index contributed by atoms with van der Waals surface area (Å²) in [4.78, 5) is 6.74. The Hall–Kier alpha value is -0.940. The summed E-state index contributed by atoms with van der Waals surface area (Å²) in [5.74, 6) is 1.46. The highest BCUT2D eigenvalue weighted by Crippen LogP contribution is 2.10. The van der Waals surface area contributed by atoms with Gasteiger partial charge in [-0.1, -0.05) is 12.1 Å². The fourth-order valence-electron chi connectivity index (χ4n) is 2.51. The highest BCUT2D eigenvalue weighted by atomic mass is 16.5. The van der Waals surface area contributed by atoms with Crippen molar-refractivity contribution >= 4 is 0 Å². The maximum absolute atomic E-state index is 4.96. The molecule has 1 N–H and O–H groups in total. The lowest BCUT2D eigenvalue weighted by atomic mass is 10.1. The van der Waals surface area contributed by atoms with Gasteiger partial charge in [-0.3, -0.25) is 0 Å². The van der Waals surface area contributed by atoms with Crippen molar-refractivity contribution in [2.45, 2.75) is 45.6 Å². The first-order chi connectivity index (χ1) is 8.78. The average molecular weight is 252 g/mol. The molecule has 2 rings (SSSR count). The van der Waals surface area contributed by atoms with Crippen molar-refractivity contribution in [2.24, 2.45) is 0 Å². The molecule has 0 spiro atoms. The van der Waals surface area contributed by atoms with Crippen molar-refractivity contribution < 1.29 is 4.52 Å². The van der Waals surface area contributed by atoms with Gasteiger partial charge in [0.15, 0.2) is 5.82 Å². The molecule has 0 amide bonds. The van der Waals surface area contributed by atoms with Crippen LogP contribution in [0.3, 0.4) is 0 Å². The van der Waals surface area contributed by atoms with Crippen LogP contribution in [0.25, 0.3) is 0 Å². The van der Waals surface area contributed by atoms with Crippen LogP contribution in [0.5, 0.6) is 0 Å². The molecule has 1 aromatic heterocycles. The van der Waals surface area contributed by atoms with E-state index >= 15 is 0 Å². The van der Waals surface area contributed by atoms with Crippen LogP contribution in [0.15, 0.2) is 4.52 Å². The van der Waals surface area contributed by atoms with Gasteiger partial charge in [0.25, 0.3) is 0 Å². The van der Waals surface area contributed by atoms with Crippen LogP contribution in [0.4, 0.5) is 0 Å². The third-order valence-corrected chi connectivity index (χ3v) is 3.62. The predicted molar refractivity (Wildman–Crippen MR) is 70.5 cm³/mol. The van der Waals surface area contributed by atoms with Gasteiger partial charge < -0.3 is 14.7 Å². The van der Waals surface area contributed by atoms with E-state index < -0.39 is 0 Å². The third-order valence-electron chi connectivity index (χ3n) is 3.62. The number of hydrogen-bond donors (Lipinski definition) is 1. The summed E-state index contributed by atoms with van der Waals surface area (Å²) in [6.07, 6.45) is 4.68. The monoisotopic (exact) mass is 252 g/mol. The molecule has 2 heterocycles. The molecular weight excluding hydrogens is 228 g/mol. The molecule has 5 nitrogen and oxygen atoms in total. The average Bonchev–Trinajstić information content (AvgIpc) is 2.65. The first kappa shape index (κ1) is 13.5. The Morgan fingerprint density at radius 1 is 1.39 bits per heavy atom. The normalized spacial score (nSPS) is 22.0. The van der Waals surface area contributed by atoms with Crippen molar-refractivity contribution in [3.63, 3.8) is 0 Å². The molecule has 0 radical (unpaired) electrons. The predicted octanol–water partition coefficient (Wildman–Crippen LogP) is 1.38. The van der Waals surface area contributed by atoms with Gasteiger partial charge in [-0.05, 0) is 38.9 Å². The molecular formula is C13H24N4O. The minimum absolute atomic E-state index is 0.648. The van der Waals surface area contributed by atoms with E-state index in [9.17, 15) is 0 Å². The molecule has 1 unspecified atom stereocenters. The third kappa shape index (κ3) is 4.07. The maximum atomic E-state index is 4.96. The van der Waals surface area contributed by atoms with E-state index in [1.165, 1.54) is 38.9 Å². The van der Waals surface area contributed by atoms with Crippen LogP contribution < -0.4 is 5.32 Å². The number of hydrogen-bond acceptors (Lipinski definition) is 5. The molecule has 18 heavy (non-hydrogen) atoms. The number of nitrogens with zero attached hydrogens (tertiary/aromatic N) is 3. The highest BCUT2D eigenvalue weighted by molar-refractivity contribution is 4.85. The van der Waals surface area contributed by atoms with Crippen molar-refractivity contribution in [3.8, 4) is 0 Å². The smallest absolute Gasteiger partial charge is 0.223 e. The Labute approximate surface area is 109 Å². The summed E-state index contributed by atoms with van der Waals surface area (Å²) in [7, 11) is 0. The fraction of sp³-hybridized carbons (Fsp3) is 0.846. The Balaban J connectivity index is 1.67. The van der Waals surface area contributed by atoms with E-state index in [0.29, 0.717) is 11.9 Å². The first-order valence-corrected chi connectivity index (χ1v) is 7.03. The highest BCUT2D eigenvalue weighted by Gasteiger charge is 2.15. The molecule has 1 saturated heterocycles. The molecule has 1 aliphatic heterocycles. The molecule has 1 atom stereocenters. The molecule has 1 aliphatic rings. The summed E-state index contributed by atoms with van der Waals surface area (Å²) < 4.78 is 4.96. The fourth-order valence-corrected chi connectivity index (χ4v) is 2.51. The number of nitrogens with one attached hydrogen (secondary N) is 1. The summed E-state index contributed by atoms with van der Waals surface area (Å²) >= 11 is 0. The van der Waals surface area contributed by atoms with E-state index in [2.05, 4.69) is 27.3 Å². The van der Waals surface area contributed by atoms with Crippen LogP contribution in [-0.4, -0.2) is 47.3 Å². The molecule has 1 fully saturated rings. The maximum Gasteiger partial charge on any atom is 0.223 e. The SMILES string of the molecule is CCN1CCCC(NCCc2noc(C)n2)CC1. The minimum atomic E-state index is 0.648. The van der Waals surface area contributed by atoms with E-state index in [1.54, 1.807) is 0 Å². The van der Waals surface area contributed by atoms with Crippen molar-refractivity contribution in [2.75, 3.05) is 26.2 Å². The second-order valence-electron chi connectivity index (χ2n) is 5.00. The number of aryl methyl sites for hydroxylation is 1. The van der Waals surface area contributed by atoms with Gasteiger partial charge >= 0.3 is 0 Å². The lowest BCUT2D eigenvalue weighted by Crippen LogP contribution is -2.32. The number of likely N-dealkylation sites (tertiary alicyclic amines) is 1. The molecule has 5 heteroatoms. The van der Waals surface area contributed by atoms with E-state index in [4.69, 9.17) is 4.52 Å². The quantitative estimate of drug-likeness (QED) is 0.858. The second-order valence-corrected chi connectivity index (χ2v) is 5.00. The first-order valence-electron chi connectivity index (χ1n) is 7.03. The molecule has 102 valence electrons. The summed E-state index contributed by atoms with van der Waals surface area (Å²) in [5.41, 5.74) is 0. The molecule has 0 saturated carbocycles. The van der Waals surface area contributed by atoms with Gasteiger partial charge in [0.1, 0.15) is 0 Å². The largest absolute Gasteiger partial charge is 0.340 e. The van der Waals surface area contributed by atoms with Gasteiger partial charge in [-0.25, -0.2) is 0 Å². The van der Waals surface area contributed by atoms with Crippen molar-refractivity contribution in [3.05, 3.63) is 11.7 Å². The standard InChI is InChI=1S/C13H24N4O/c1-3-17-9-4-5-12(7-10-17)14-8-6-13-15-11(2)18-16-13/h12,14H,3-10H2,1-2H3. The van der Waals surface area contributed by atoms with Gasteiger partial charge in [-0.15, -0.1) is 0 Å². The Kier molecular flexibility index (Phi) is 5.13. The van der Waals surface area contributed by atoms with E-state index in [1.807, 2.05) is 6.92 Å². The van der Waals surface area contributed by atoms with Crippen molar-refractivity contribution in [1.29, 1.82) is 0 Å². The molecule has 0 bridgehead atoms. The van der Waals surface area contributed by atoms with E-state index in [-0.39, 0.29) is 0 Å². The van der Waals surface area contributed by atoms with E-state index in [0.717, 1.165) is 18.8 Å². The van der Waals surface area contributed by atoms with Crippen LogP contribution in [0.2, 0.25) is 0 Å². The molecule has 0 aromatic carbocycles. The lowest BCUT2D eigenvalue weighted by molar-refractivity contribution is 0.297. The topological polar surface area (TPSA) is 54.2 Å². The summed E-state index contributed by atoms with van der Waals surface area (Å²) in [6.45, 7) is 8.65. The van der Waals surface area contributed by atoms with Gasteiger partial charge in [-0.2, -0.15) is 4.98 Å². The molecule has 1 aromatic rings. The van der Waals surface area contributed by atoms with Gasteiger partial charge in [0.2, 0.25) is 5.89 Å². The molecule has 0 aliphatic carbocycles. The van der Waals surface area contributed by atoms with Crippen LogP contribution in [0, 0.1) is 6.92 Å². The van der Waals surface area contributed by atoms with Crippen LogP contribution in [0.1, 0.15) is 37.9 Å². The Morgan fingerprint density at radius 3 is 3.00 bits per heavy atom. The summed E-state index contributed by atoms with van der Waals surface area (Å²) in [6, 6.07) is 0.648. The van der Waals surface area contributed by atoms with Gasteiger partial charge in [0.05, 0.1) is 0 Å². The lowest BCUT2D eigenvalue weighted by Gasteiger charge is -2.18. The zero-order chi connectivity index (χ0) is 12.8. The number of rotatable bonds is 5. The zero-order valence-electron chi connectivity index (χ0n) is 11.5. The van der Waals surface area contributed by atoms with Crippen LogP contribution >= 0.6 is 0 Å². The summed E-state index contributed by atoms with van der Waals surface area (Å²) in [5, 5.41) is 7.52. The second kappa shape index (κ2) is 6.85. The Bertz CT molecular complexity index is 353.